The smallest absolute Gasteiger partial charge is 0.411 e. The lowest BCUT2D eigenvalue weighted by Gasteiger charge is -2.14. The number of hydrogen-bond donors (Lipinski definition) is 1. The summed E-state index contributed by atoms with van der Waals surface area (Å²) >= 11 is 5.94. The molecule has 6 heteroatoms. The molecule has 1 fully saturated rings. The molecule has 1 N–H and O–H groups in total. The van der Waals surface area contributed by atoms with Gasteiger partial charge in [-0.05, 0) is 49.8 Å². The van der Waals surface area contributed by atoms with Crippen molar-refractivity contribution in [3.05, 3.63) is 53.3 Å². The number of likely N-dealkylation sites (tertiary alicyclic amines) is 1. The van der Waals surface area contributed by atoms with Crippen LogP contribution < -0.4 is 5.32 Å². The molecule has 3 rings (SSSR count). The van der Waals surface area contributed by atoms with Crippen molar-refractivity contribution in [2.45, 2.75) is 6.42 Å². The summed E-state index contributed by atoms with van der Waals surface area (Å²) < 4.78 is 19.0. The minimum Gasteiger partial charge on any atom is -0.449 e. The van der Waals surface area contributed by atoms with Crippen LogP contribution in [0.4, 0.5) is 14.9 Å². The lowest BCUT2D eigenvalue weighted by atomic mass is 10.0. The third-order valence-electron chi connectivity index (χ3n) is 4.28. The minimum atomic E-state index is -0.510. The van der Waals surface area contributed by atoms with Crippen molar-refractivity contribution in [2.75, 3.05) is 32.1 Å². The number of ether oxygens (including phenoxy) is 1. The highest BCUT2D eigenvalue weighted by molar-refractivity contribution is 6.30. The highest BCUT2D eigenvalue weighted by Gasteiger charge is 2.21. The fraction of sp³-hybridized carbons (Fsp3) is 0.316. The van der Waals surface area contributed by atoms with Gasteiger partial charge in [-0.15, -0.1) is 0 Å². The number of carbonyl (C=O) groups excluding carboxylic acids is 1. The first kappa shape index (κ1) is 17.7. The van der Waals surface area contributed by atoms with Gasteiger partial charge in [0.1, 0.15) is 5.82 Å². The van der Waals surface area contributed by atoms with E-state index >= 15 is 0 Å². The number of nitrogens with zero attached hydrogens (tertiary/aromatic N) is 1. The lowest BCUT2D eigenvalue weighted by Crippen LogP contribution is -2.21. The van der Waals surface area contributed by atoms with Crippen molar-refractivity contribution in [1.29, 1.82) is 0 Å². The summed E-state index contributed by atoms with van der Waals surface area (Å²) in [6.45, 7) is 2.36. The zero-order valence-electron chi connectivity index (χ0n) is 14.0. The quantitative estimate of drug-likeness (QED) is 0.861. The van der Waals surface area contributed by atoms with Gasteiger partial charge in [-0.1, -0.05) is 29.8 Å². The average Bonchev–Trinajstić information content (AvgIpc) is 2.98. The summed E-state index contributed by atoms with van der Waals surface area (Å²) in [5.74, 6) is -0.0572. The summed E-state index contributed by atoms with van der Waals surface area (Å²) in [7, 11) is 2.06. The largest absolute Gasteiger partial charge is 0.449 e. The summed E-state index contributed by atoms with van der Waals surface area (Å²) in [5.41, 5.74) is 1.83. The maximum absolute atomic E-state index is 13.6. The Labute approximate surface area is 151 Å². The number of anilines is 1. The zero-order valence-corrected chi connectivity index (χ0v) is 14.7. The molecule has 2 aromatic carbocycles. The molecule has 132 valence electrons. The molecular formula is C19H20ClFN2O2. The molecule has 0 unspecified atom stereocenters. The Kier molecular flexibility index (Phi) is 5.56. The second-order valence-electron chi connectivity index (χ2n) is 6.34. The first-order valence-electron chi connectivity index (χ1n) is 8.19. The van der Waals surface area contributed by atoms with Crippen LogP contribution in [0, 0.1) is 11.7 Å². The number of carbonyl (C=O) groups is 1. The summed E-state index contributed by atoms with van der Waals surface area (Å²) in [4.78, 5) is 14.3. The van der Waals surface area contributed by atoms with Gasteiger partial charge in [-0.3, -0.25) is 5.32 Å². The predicted octanol–water partition coefficient (Wildman–Crippen LogP) is 4.65. The van der Waals surface area contributed by atoms with Crippen molar-refractivity contribution < 1.29 is 13.9 Å². The Hall–Kier alpha value is -2.11. The Balaban J connectivity index is 1.69. The molecule has 0 spiro atoms. The fourth-order valence-electron chi connectivity index (χ4n) is 3.06. The van der Waals surface area contributed by atoms with E-state index in [2.05, 4.69) is 17.3 Å². The molecule has 1 atom stereocenters. The van der Waals surface area contributed by atoms with Crippen LogP contribution in [0.15, 0.2) is 42.5 Å². The fourth-order valence-corrected chi connectivity index (χ4v) is 3.28. The Morgan fingerprint density at radius 2 is 2.16 bits per heavy atom. The Morgan fingerprint density at radius 1 is 1.36 bits per heavy atom. The van der Waals surface area contributed by atoms with Crippen LogP contribution in [0.3, 0.4) is 0 Å². The van der Waals surface area contributed by atoms with Crippen molar-refractivity contribution in [3.8, 4) is 11.1 Å². The first-order valence-corrected chi connectivity index (χ1v) is 8.57. The number of para-hydroxylation sites is 1. The van der Waals surface area contributed by atoms with E-state index in [4.69, 9.17) is 16.3 Å². The summed E-state index contributed by atoms with van der Waals surface area (Å²) in [5, 5.41) is 3.05. The molecule has 2 aromatic rings. The van der Waals surface area contributed by atoms with Crippen molar-refractivity contribution in [2.24, 2.45) is 5.92 Å². The highest BCUT2D eigenvalue weighted by Crippen LogP contribution is 2.30. The molecule has 1 aliphatic heterocycles. The molecule has 1 amide bonds. The van der Waals surface area contributed by atoms with Crippen LogP contribution >= 0.6 is 11.6 Å². The number of amides is 1. The Bertz CT molecular complexity index is 749. The molecule has 25 heavy (non-hydrogen) atoms. The zero-order chi connectivity index (χ0) is 17.8. The average molecular weight is 363 g/mol. The second kappa shape index (κ2) is 7.85. The van der Waals surface area contributed by atoms with Crippen LogP contribution in [0.1, 0.15) is 6.42 Å². The van der Waals surface area contributed by atoms with Gasteiger partial charge in [0, 0.05) is 23.0 Å². The van der Waals surface area contributed by atoms with Crippen LogP contribution in [-0.4, -0.2) is 37.7 Å². The molecule has 1 saturated heterocycles. The molecule has 0 radical (unpaired) electrons. The SMILES string of the molecule is CN1CC[C@@H](COC(=O)Nc2ccccc2-c2cc(F)cc(Cl)c2)C1. The minimum absolute atomic E-state index is 0.303. The van der Waals surface area contributed by atoms with E-state index < -0.39 is 11.9 Å². The van der Waals surface area contributed by atoms with Gasteiger partial charge >= 0.3 is 6.09 Å². The number of benzene rings is 2. The first-order chi connectivity index (χ1) is 12.0. The molecule has 0 aromatic heterocycles. The topological polar surface area (TPSA) is 41.6 Å². The van der Waals surface area contributed by atoms with E-state index in [1.807, 2.05) is 6.07 Å². The predicted molar refractivity (Wildman–Crippen MR) is 97.4 cm³/mol. The van der Waals surface area contributed by atoms with Gasteiger partial charge in [-0.25, -0.2) is 9.18 Å². The maximum atomic E-state index is 13.6. The maximum Gasteiger partial charge on any atom is 0.411 e. The van der Waals surface area contributed by atoms with Gasteiger partial charge in [0.25, 0.3) is 0 Å². The standard InChI is InChI=1S/C19H20ClFN2O2/c1-23-7-6-13(11-23)12-25-19(24)22-18-5-3-2-4-17(18)14-8-15(20)10-16(21)9-14/h2-5,8-10,13H,6-7,11-12H2,1H3,(H,22,24)/t13-/m1/s1. The monoisotopic (exact) mass is 362 g/mol. The van der Waals surface area contributed by atoms with Crippen LogP contribution in [0.5, 0.6) is 0 Å². The molecule has 0 saturated carbocycles. The van der Waals surface area contributed by atoms with Gasteiger partial charge in [0.05, 0.1) is 12.3 Å². The van der Waals surface area contributed by atoms with E-state index in [0.29, 0.717) is 34.4 Å². The third kappa shape index (κ3) is 4.71. The third-order valence-corrected chi connectivity index (χ3v) is 4.49. The normalized spacial score (nSPS) is 17.5. The molecule has 4 nitrogen and oxygen atoms in total. The number of halogens is 2. The number of rotatable bonds is 4. The summed E-state index contributed by atoms with van der Waals surface area (Å²) in [6.07, 6.45) is 0.520. The molecule has 1 aliphatic rings. The van der Waals surface area contributed by atoms with Crippen LogP contribution in [-0.2, 0) is 4.74 Å². The molecule has 0 aliphatic carbocycles. The van der Waals surface area contributed by atoms with Crippen molar-refractivity contribution >= 4 is 23.4 Å². The second-order valence-corrected chi connectivity index (χ2v) is 6.78. The van der Waals surface area contributed by atoms with Gasteiger partial charge < -0.3 is 9.64 Å². The van der Waals surface area contributed by atoms with Gasteiger partial charge in [0.15, 0.2) is 0 Å². The van der Waals surface area contributed by atoms with E-state index in [9.17, 15) is 9.18 Å². The number of hydrogen-bond acceptors (Lipinski definition) is 3. The molecule has 0 bridgehead atoms. The van der Waals surface area contributed by atoms with Crippen molar-refractivity contribution in [3.63, 3.8) is 0 Å². The van der Waals surface area contributed by atoms with E-state index in [-0.39, 0.29) is 0 Å². The van der Waals surface area contributed by atoms with Gasteiger partial charge in [-0.2, -0.15) is 0 Å². The van der Waals surface area contributed by atoms with Crippen molar-refractivity contribution in [1.82, 2.24) is 4.90 Å². The van der Waals surface area contributed by atoms with E-state index in [1.165, 1.54) is 12.1 Å². The highest BCUT2D eigenvalue weighted by atomic mass is 35.5. The lowest BCUT2D eigenvalue weighted by molar-refractivity contribution is 0.142. The molecule has 1 heterocycles. The summed E-state index contributed by atoms with van der Waals surface area (Å²) in [6, 6.07) is 11.4. The van der Waals surface area contributed by atoms with Gasteiger partial charge in [0.2, 0.25) is 0 Å². The number of nitrogens with one attached hydrogen (secondary N) is 1. The molecular weight excluding hydrogens is 343 g/mol. The van der Waals surface area contributed by atoms with E-state index in [0.717, 1.165) is 19.5 Å². The van der Waals surface area contributed by atoms with Crippen LogP contribution in [0.25, 0.3) is 11.1 Å². The van der Waals surface area contributed by atoms with E-state index in [1.54, 1.807) is 24.3 Å². The van der Waals surface area contributed by atoms with Crippen LogP contribution in [0.2, 0.25) is 5.02 Å². The Morgan fingerprint density at radius 3 is 2.88 bits per heavy atom.